The lowest BCUT2D eigenvalue weighted by Crippen LogP contribution is -2.37. The zero-order valence-corrected chi connectivity index (χ0v) is 20.0. The predicted octanol–water partition coefficient (Wildman–Crippen LogP) is 4.42. The number of thiazole rings is 1. The highest BCUT2D eigenvalue weighted by Gasteiger charge is 2.27. The Bertz CT molecular complexity index is 1170. The molecule has 0 N–H and O–H groups in total. The first-order chi connectivity index (χ1) is 14.9. The van der Waals surface area contributed by atoms with Crippen LogP contribution in [-0.2, 0) is 27.7 Å². The molecule has 1 amide bonds. The monoisotopic (exact) mass is 475 g/mol. The van der Waals surface area contributed by atoms with Gasteiger partial charge in [-0.15, -0.1) is 11.3 Å². The third-order valence-corrected chi connectivity index (χ3v) is 9.14. The number of carbonyl (C=O) groups is 1. The van der Waals surface area contributed by atoms with E-state index < -0.39 is 10.0 Å². The van der Waals surface area contributed by atoms with E-state index in [9.17, 15) is 13.2 Å². The summed E-state index contributed by atoms with van der Waals surface area (Å²) in [6, 6.07) is 7.16. The van der Waals surface area contributed by atoms with Gasteiger partial charge in [-0.3, -0.25) is 4.79 Å². The summed E-state index contributed by atoms with van der Waals surface area (Å²) in [5, 5.41) is 6.93. The molecule has 9 heteroatoms. The second-order valence-corrected chi connectivity index (χ2v) is 10.9. The number of fused-ring (bicyclic) bond motifs is 1. The van der Waals surface area contributed by atoms with Gasteiger partial charge in [-0.05, 0) is 48.1 Å². The average molecular weight is 476 g/mol. The molecule has 0 bridgehead atoms. The van der Waals surface area contributed by atoms with E-state index in [1.54, 1.807) is 45.8 Å². The number of sulfonamides is 1. The molecule has 3 aromatic rings. The maximum absolute atomic E-state index is 13.1. The highest BCUT2D eigenvalue weighted by atomic mass is 32.2. The zero-order chi connectivity index (χ0) is 22.0. The van der Waals surface area contributed by atoms with Crippen molar-refractivity contribution in [1.82, 2.24) is 9.29 Å². The van der Waals surface area contributed by atoms with E-state index >= 15 is 0 Å². The first kappa shape index (κ1) is 22.1. The summed E-state index contributed by atoms with van der Waals surface area (Å²) in [6.45, 7) is 5.17. The number of carbonyl (C=O) groups excluding carboxylic acids is 1. The summed E-state index contributed by atoms with van der Waals surface area (Å²) in [4.78, 5) is 19.8. The standard InChI is InChI=1S/C22H25N3O3S3/c1-3-24(4-2)31(27,28)19-7-8-20-16(12-19)6-5-10-25(20)21(26)13-18-15-30-22(23-18)17-9-11-29-14-17/h7-9,11-12,14-15H,3-6,10,13H2,1-2H3. The Labute approximate surface area is 191 Å². The lowest BCUT2D eigenvalue weighted by Gasteiger charge is -2.30. The molecule has 0 unspecified atom stereocenters. The van der Waals surface area contributed by atoms with E-state index in [1.807, 2.05) is 30.7 Å². The minimum atomic E-state index is -3.52. The average Bonchev–Trinajstić information content (AvgIpc) is 3.45. The Morgan fingerprint density at radius 3 is 2.71 bits per heavy atom. The fourth-order valence-corrected chi connectivity index (χ4v) is 6.90. The fourth-order valence-electron chi connectivity index (χ4n) is 3.86. The number of rotatable bonds is 7. The van der Waals surface area contributed by atoms with Crippen molar-refractivity contribution in [1.29, 1.82) is 0 Å². The molecular formula is C22H25N3O3S3. The van der Waals surface area contributed by atoms with Gasteiger partial charge in [-0.2, -0.15) is 15.6 Å². The minimum absolute atomic E-state index is 0.0116. The minimum Gasteiger partial charge on any atom is -0.312 e. The molecule has 0 spiro atoms. The van der Waals surface area contributed by atoms with Crippen molar-refractivity contribution in [2.75, 3.05) is 24.5 Å². The van der Waals surface area contributed by atoms with Crippen LogP contribution in [0.5, 0.6) is 0 Å². The molecule has 2 aromatic heterocycles. The lowest BCUT2D eigenvalue weighted by molar-refractivity contribution is -0.118. The van der Waals surface area contributed by atoms with E-state index in [-0.39, 0.29) is 12.3 Å². The smallest absolute Gasteiger partial charge is 0.243 e. The molecule has 0 atom stereocenters. The number of thiophene rings is 1. The predicted molar refractivity (Wildman–Crippen MR) is 126 cm³/mol. The maximum atomic E-state index is 13.1. The van der Waals surface area contributed by atoms with Crippen LogP contribution in [0.25, 0.3) is 10.6 Å². The van der Waals surface area contributed by atoms with Gasteiger partial charge in [-0.25, -0.2) is 13.4 Å². The molecule has 3 heterocycles. The third kappa shape index (κ3) is 4.45. The van der Waals surface area contributed by atoms with Crippen LogP contribution in [0.2, 0.25) is 0 Å². The molecule has 0 saturated carbocycles. The number of hydrogen-bond acceptors (Lipinski definition) is 6. The van der Waals surface area contributed by atoms with Gasteiger partial charge in [0, 0.05) is 41.6 Å². The van der Waals surface area contributed by atoms with Gasteiger partial charge in [0.2, 0.25) is 15.9 Å². The van der Waals surface area contributed by atoms with Crippen LogP contribution in [0, 0.1) is 0 Å². The number of benzene rings is 1. The lowest BCUT2D eigenvalue weighted by atomic mass is 10.0. The van der Waals surface area contributed by atoms with Crippen molar-refractivity contribution in [3.63, 3.8) is 0 Å². The van der Waals surface area contributed by atoms with Crippen LogP contribution >= 0.6 is 22.7 Å². The molecule has 0 aliphatic carbocycles. The first-order valence-electron chi connectivity index (χ1n) is 10.3. The Kier molecular flexibility index (Phi) is 6.57. The second kappa shape index (κ2) is 9.20. The topological polar surface area (TPSA) is 70.6 Å². The SMILES string of the molecule is CCN(CC)S(=O)(=O)c1ccc2c(c1)CCCN2C(=O)Cc1csc(-c2ccsc2)n1. The van der Waals surface area contributed by atoms with E-state index in [4.69, 9.17) is 0 Å². The first-order valence-corrected chi connectivity index (χ1v) is 13.6. The number of anilines is 1. The van der Waals surface area contributed by atoms with Gasteiger partial charge in [0.05, 0.1) is 17.0 Å². The van der Waals surface area contributed by atoms with Crippen molar-refractivity contribution >= 4 is 44.3 Å². The molecule has 4 rings (SSSR count). The maximum Gasteiger partial charge on any atom is 0.243 e. The van der Waals surface area contributed by atoms with Gasteiger partial charge >= 0.3 is 0 Å². The Balaban J connectivity index is 1.55. The fraction of sp³-hybridized carbons (Fsp3) is 0.364. The van der Waals surface area contributed by atoms with Crippen molar-refractivity contribution in [3.05, 3.63) is 51.7 Å². The quantitative estimate of drug-likeness (QED) is 0.507. The highest BCUT2D eigenvalue weighted by molar-refractivity contribution is 7.89. The summed E-state index contributed by atoms with van der Waals surface area (Å²) in [6.07, 6.45) is 1.81. The molecule has 31 heavy (non-hydrogen) atoms. The molecule has 0 saturated heterocycles. The largest absolute Gasteiger partial charge is 0.312 e. The Morgan fingerprint density at radius 2 is 2.00 bits per heavy atom. The molecule has 164 valence electrons. The molecule has 1 aliphatic heterocycles. The van der Waals surface area contributed by atoms with Crippen LogP contribution in [0.4, 0.5) is 5.69 Å². The number of amides is 1. The van der Waals surface area contributed by atoms with Crippen molar-refractivity contribution < 1.29 is 13.2 Å². The summed E-state index contributed by atoms with van der Waals surface area (Å²) in [7, 11) is -3.52. The van der Waals surface area contributed by atoms with E-state index in [0.29, 0.717) is 24.5 Å². The van der Waals surface area contributed by atoms with Gasteiger partial charge in [0.25, 0.3) is 0 Å². The molecular weight excluding hydrogens is 450 g/mol. The molecule has 6 nitrogen and oxygen atoms in total. The van der Waals surface area contributed by atoms with E-state index in [0.717, 1.165) is 40.4 Å². The number of aryl methyl sites for hydroxylation is 1. The summed E-state index contributed by atoms with van der Waals surface area (Å²) >= 11 is 3.17. The van der Waals surface area contributed by atoms with Crippen LogP contribution in [0.15, 0.2) is 45.3 Å². The molecule has 1 aromatic carbocycles. The zero-order valence-electron chi connectivity index (χ0n) is 17.6. The number of nitrogens with zero attached hydrogens (tertiary/aromatic N) is 3. The van der Waals surface area contributed by atoms with Gasteiger partial charge in [-0.1, -0.05) is 13.8 Å². The summed E-state index contributed by atoms with van der Waals surface area (Å²) in [5.74, 6) is -0.0116. The second-order valence-electron chi connectivity index (χ2n) is 7.36. The van der Waals surface area contributed by atoms with Crippen LogP contribution in [0.3, 0.4) is 0 Å². The third-order valence-electron chi connectivity index (χ3n) is 5.47. The van der Waals surface area contributed by atoms with Crippen LogP contribution < -0.4 is 4.90 Å². The van der Waals surface area contributed by atoms with Crippen molar-refractivity contribution in [2.45, 2.75) is 38.0 Å². The number of hydrogen-bond donors (Lipinski definition) is 0. The van der Waals surface area contributed by atoms with Gasteiger partial charge < -0.3 is 4.90 Å². The molecule has 0 fully saturated rings. The molecule has 1 aliphatic rings. The van der Waals surface area contributed by atoms with Gasteiger partial charge in [0.1, 0.15) is 5.01 Å². The van der Waals surface area contributed by atoms with Gasteiger partial charge in [0.15, 0.2) is 0 Å². The summed E-state index contributed by atoms with van der Waals surface area (Å²) in [5.41, 5.74) is 3.57. The van der Waals surface area contributed by atoms with Crippen molar-refractivity contribution in [3.8, 4) is 10.6 Å². The van der Waals surface area contributed by atoms with Crippen LogP contribution in [-0.4, -0.2) is 43.2 Å². The Morgan fingerprint density at radius 1 is 1.19 bits per heavy atom. The molecule has 0 radical (unpaired) electrons. The van der Waals surface area contributed by atoms with E-state index in [2.05, 4.69) is 10.4 Å². The normalized spacial score (nSPS) is 14.1. The van der Waals surface area contributed by atoms with E-state index in [1.165, 1.54) is 4.31 Å². The highest BCUT2D eigenvalue weighted by Crippen LogP contribution is 2.31. The van der Waals surface area contributed by atoms with Crippen molar-refractivity contribution in [2.24, 2.45) is 0 Å². The van der Waals surface area contributed by atoms with Crippen LogP contribution in [0.1, 0.15) is 31.5 Å². The number of aromatic nitrogens is 1. The summed E-state index contributed by atoms with van der Waals surface area (Å²) < 4.78 is 27.2. The Hall–Kier alpha value is -2.07.